The van der Waals surface area contributed by atoms with Gasteiger partial charge in [-0.3, -0.25) is 14.6 Å². The van der Waals surface area contributed by atoms with Gasteiger partial charge in [-0.05, 0) is 31.2 Å². The summed E-state index contributed by atoms with van der Waals surface area (Å²) in [6.45, 7) is 1.81. The molecule has 1 saturated heterocycles. The van der Waals surface area contributed by atoms with Gasteiger partial charge in [0.05, 0.1) is 52.6 Å². The summed E-state index contributed by atoms with van der Waals surface area (Å²) < 4.78 is 45.5. The number of carbonyl (C=O) groups is 2. The van der Waals surface area contributed by atoms with E-state index in [9.17, 15) is 22.8 Å². The Bertz CT molecular complexity index is 1350. The second kappa shape index (κ2) is 11.1. The van der Waals surface area contributed by atoms with E-state index in [0.29, 0.717) is 5.82 Å². The van der Waals surface area contributed by atoms with Crippen LogP contribution in [0, 0.1) is 6.92 Å². The highest BCUT2D eigenvalue weighted by molar-refractivity contribution is 6.31. The summed E-state index contributed by atoms with van der Waals surface area (Å²) in [5.41, 5.74) is -1.83. The molecule has 1 fully saturated rings. The topological polar surface area (TPSA) is 118 Å². The SMILES string of the molecule is Cc1ncc(C(=O)N[C@@]2(C(=O)NCc3ncc(Nc4ccc(Cl)cc4C(F)(F)F)cc3Cl)CCOC2)cn1. The number of benzene rings is 1. The van der Waals surface area contributed by atoms with Gasteiger partial charge in [0.2, 0.25) is 5.91 Å². The lowest BCUT2D eigenvalue weighted by Gasteiger charge is -2.27. The molecule has 2 aromatic heterocycles. The molecule has 0 spiro atoms. The summed E-state index contributed by atoms with van der Waals surface area (Å²) in [6.07, 6.45) is -0.379. The monoisotopic (exact) mass is 568 g/mol. The highest BCUT2D eigenvalue weighted by atomic mass is 35.5. The van der Waals surface area contributed by atoms with Crippen LogP contribution in [-0.4, -0.2) is 45.5 Å². The molecule has 1 atom stereocenters. The summed E-state index contributed by atoms with van der Waals surface area (Å²) in [5.74, 6) is -0.539. The number of carbonyl (C=O) groups excluding carboxylic acids is 2. The van der Waals surface area contributed by atoms with Crippen molar-refractivity contribution in [2.24, 2.45) is 0 Å². The standard InChI is InChI=1S/C24H21Cl2F3N6O3/c1-13-30-8-14(9-31-13)21(36)35-23(4-5-38-12-23)22(37)33-11-20-18(26)7-16(10-32-20)34-19-3-2-15(25)6-17(19)24(27,28)29/h2-3,6-10,34H,4-5,11-12H2,1H3,(H,33,37)(H,35,36)/t23-/m0/s1. The number of aryl methyl sites for hydroxylation is 1. The number of hydrogen-bond donors (Lipinski definition) is 3. The molecule has 3 aromatic rings. The van der Waals surface area contributed by atoms with Gasteiger partial charge in [0, 0.05) is 30.4 Å². The third-order valence-corrected chi connectivity index (χ3v) is 6.31. The lowest BCUT2D eigenvalue weighted by atomic mass is 9.96. The van der Waals surface area contributed by atoms with Crippen molar-refractivity contribution >= 4 is 46.4 Å². The zero-order valence-electron chi connectivity index (χ0n) is 19.8. The minimum atomic E-state index is -4.63. The quantitative estimate of drug-likeness (QED) is 0.385. The zero-order valence-corrected chi connectivity index (χ0v) is 21.3. The van der Waals surface area contributed by atoms with Crippen LogP contribution in [0.3, 0.4) is 0 Å². The third-order valence-electron chi connectivity index (χ3n) is 5.75. The molecule has 1 aliphatic heterocycles. The first-order chi connectivity index (χ1) is 18.0. The Morgan fingerprint density at radius 2 is 1.84 bits per heavy atom. The van der Waals surface area contributed by atoms with Crippen molar-refractivity contribution in [3.8, 4) is 0 Å². The average molecular weight is 569 g/mol. The van der Waals surface area contributed by atoms with Crippen molar-refractivity contribution in [2.75, 3.05) is 18.5 Å². The van der Waals surface area contributed by atoms with E-state index in [-0.39, 0.29) is 58.9 Å². The fraction of sp³-hybridized carbons (Fsp3) is 0.292. The largest absolute Gasteiger partial charge is 0.418 e. The summed E-state index contributed by atoms with van der Waals surface area (Å²) >= 11 is 12.0. The minimum Gasteiger partial charge on any atom is -0.378 e. The maximum absolute atomic E-state index is 13.4. The van der Waals surface area contributed by atoms with Crippen LogP contribution in [0.4, 0.5) is 24.5 Å². The predicted molar refractivity (Wildman–Crippen MR) is 133 cm³/mol. The van der Waals surface area contributed by atoms with Crippen LogP contribution < -0.4 is 16.0 Å². The molecule has 0 bridgehead atoms. The Kier molecular flexibility index (Phi) is 8.05. The van der Waals surface area contributed by atoms with Crippen molar-refractivity contribution in [2.45, 2.75) is 31.6 Å². The first kappa shape index (κ1) is 27.6. The minimum absolute atomic E-state index is 0.0378. The number of halogens is 5. The van der Waals surface area contributed by atoms with Crippen molar-refractivity contribution in [3.05, 3.63) is 75.5 Å². The molecule has 2 amide bonds. The molecule has 0 unspecified atom stereocenters. The number of rotatable bonds is 7. The number of pyridine rings is 1. The summed E-state index contributed by atoms with van der Waals surface area (Å²) in [7, 11) is 0. The van der Waals surface area contributed by atoms with Crippen molar-refractivity contribution in [1.29, 1.82) is 0 Å². The molecule has 1 aliphatic rings. The molecule has 38 heavy (non-hydrogen) atoms. The van der Waals surface area contributed by atoms with E-state index in [1.54, 1.807) is 6.92 Å². The van der Waals surface area contributed by atoms with E-state index in [1.165, 1.54) is 36.8 Å². The van der Waals surface area contributed by atoms with Gasteiger partial charge in [0.25, 0.3) is 5.91 Å². The van der Waals surface area contributed by atoms with E-state index >= 15 is 0 Å². The van der Waals surface area contributed by atoms with Gasteiger partial charge in [0.1, 0.15) is 11.4 Å². The van der Waals surface area contributed by atoms with Crippen LogP contribution in [0.25, 0.3) is 0 Å². The molecular formula is C24H21Cl2F3N6O3. The predicted octanol–water partition coefficient (Wildman–Crippen LogP) is 4.45. The molecule has 14 heteroatoms. The smallest absolute Gasteiger partial charge is 0.378 e. The van der Waals surface area contributed by atoms with Crippen molar-refractivity contribution < 1.29 is 27.5 Å². The van der Waals surface area contributed by atoms with Crippen molar-refractivity contribution in [1.82, 2.24) is 25.6 Å². The second-order valence-electron chi connectivity index (χ2n) is 8.51. The van der Waals surface area contributed by atoms with Gasteiger partial charge >= 0.3 is 6.18 Å². The lowest BCUT2D eigenvalue weighted by molar-refractivity contribution is -0.137. The Morgan fingerprint density at radius 3 is 2.47 bits per heavy atom. The summed E-state index contributed by atoms with van der Waals surface area (Å²) in [5, 5.41) is 8.11. The van der Waals surface area contributed by atoms with Gasteiger partial charge in [0.15, 0.2) is 0 Å². The van der Waals surface area contributed by atoms with Crippen LogP contribution >= 0.6 is 23.2 Å². The highest BCUT2D eigenvalue weighted by Gasteiger charge is 2.44. The van der Waals surface area contributed by atoms with Crippen LogP contribution in [0.1, 0.15) is 33.9 Å². The molecule has 0 radical (unpaired) electrons. The second-order valence-corrected chi connectivity index (χ2v) is 9.35. The zero-order chi connectivity index (χ0) is 27.5. The number of nitrogens with one attached hydrogen (secondary N) is 3. The molecule has 4 rings (SSSR count). The van der Waals surface area contributed by atoms with E-state index in [0.717, 1.165) is 6.07 Å². The van der Waals surface area contributed by atoms with Crippen molar-refractivity contribution in [3.63, 3.8) is 0 Å². The number of hydrogen-bond acceptors (Lipinski definition) is 7. The molecule has 200 valence electrons. The summed E-state index contributed by atoms with van der Waals surface area (Å²) in [4.78, 5) is 37.9. The Morgan fingerprint density at radius 1 is 1.11 bits per heavy atom. The van der Waals surface area contributed by atoms with Crippen LogP contribution in [0.2, 0.25) is 10.0 Å². The molecule has 0 saturated carbocycles. The lowest BCUT2D eigenvalue weighted by Crippen LogP contribution is -2.59. The molecule has 3 heterocycles. The van der Waals surface area contributed by atoms with Gasteiger partial charge < -0.3 is 20.7 Å². The Balaban J connectivity index is 1.44. The molecular weight excluding hydrogens is 548 g/mol. The number of nitrogens with zero attached hydrogens (tertiary/aromatic N) is 3. The molecule has 9 nitrogen and oxygen atoms in total. The van der Waals surface area contributed by atoms with Crippen LogP contribution in [-0.2, 0) is 22.3 Å². The summed E-state index contributed by atoms with van der Waals surface area (Å²) in [6, 6.07) is 4.73. The molecule has 0 aliphatic carbocycles. The van der Waals surface area contributed by atoms with Gasteiger partial charge in [-0.1, -0.05) is 23.2 Å². The van der Waals surface area contributed by atoms with Gasteiger partial charge in [-0.2, -0.15) is 13.2 Å². The van der Waals surface area contributed by atoms with E-state index in [4.69, 9.17) is 27.9 Å². The fourth-order valence-corrected chi connectivity index (χ4v) is 4.12. The maximum atomic E-state index is 13.4. The number of alkyl halides is 3. The first-order valence-corrected chi connectivity index (χ1v) is 12.0. The fourth-order valence-electron chi connectivity index (χ4n) is 3.71. The van der Waals surface area contributed by atoms with Crippen LogP contribution in [0.15, 0.2) is 42.9 Å². The van der Waals surface area contributed by atoms with Crippen LogP contribution in [0.5, 0.6) is 0 Å². The number of anilines is 2. The molecule has 1 aromatic carbocycles. The number of amides is 2. The highest BCUT2D eigenvalue weighted by Crippen LogP contribution is 2.38. The third kappa shape index (κ3) is 6.32. The normalized spacial score (nSPS) is 17.2. The average Bonchev–Trinajstić information content (AvgIpc) is 3.34. The number of ether oxygens (including phenoxy) is 1. The van der Waals surface area contributed by atoms with Gasteiger partial charge in [-0.15, -0.1) is 0 Å². The molecule has 3 N–H and O–H groups in total. The van der Waals surface area contributed by atoms with E-state index < -0.39 is 29.1 Å². The maximum Gasteiger partial charge on any atom is 0.418 e. The van der Waals surface area contributed by atoms with Gasteiger partial charge in [-0.25, -0.2) is 9.97 Å². The Labute approximate surface area is 225 Å². The first-order valence-electron chi connectivity index (χ1n) is 11.2. The van der Waals surface area contributed by atoms with E-state index in [1.807, 2.05) is 0 Å². The van der Waals surface area contributed by atoms with E-state index in [2.05, 4.69) is 30.9 Å². The number of aromatic nitrogens is 3. The Hall–Kier alpha value is -3.48.